The van der Waals surface area contributed by atoms with Crippen molar-refractivity contribution in [2.75, 3.05) is 18.8 Å². The lowest BCUT2D eigenvalue weighted by atomic mass is 9.91. The van der Waals surface area contributed by atoms with Gasteiger partial charge in [-0.25, -0.2) is 8.42 Å². The van der Waals surface area contributed by atoms with Gasteiger partial charge >= 0.3 is 0 Å². The number of hydrogen-bond acceptors (Lipinski definition) is 4. The summed E-state index contributed by atoms with van der Waals surface area (Å²) < 4.78 is 25.4. The van der Waals surface area contributed by atoms with Crippen LogP contribution in [0.4, 0.5) is 0 Å². The number of hydrogen-bond donors (Lipinski definition) is 0. The molecule has 4 rings (SSSR count). The Balaban J connectivity index is 1.56. The first kappa shape index (κ1) is 20.9. The molecule has 1 aliphatic heterocycles. The second-order valence-electron chi connectivity index (χ2n) is 7.14. The van der Waals surface area contributed by atoms with Gasteiger partial charge in [0.05, 0.1) is 22.9 Å². The van der Waals surface area contributed by atoms with Gasteiger partial charge in [-0.3, -0.25) is 5.01 Å². The van der Waals surface area contributed by atoms with Crippen molar-refractivity contribution in [3.63, 3.8) is 0 Å². The molecule has 0 saturated heterocycles. The zero-order valence-corrected chi connectivity index (χ0v) is 18.4. The molecule has 1 atom stereocenters. The highest BCUT2D eigenvalue weighted by Crippen LogP contribution is 2.29. The molecule has 4 nitrogen and oxygen atoms in total. The number of sulfone groups is 1. The minimum absolute atomic E-state index is 0.0203. The maximum absolute atomic E-state index is 12.7. The van der Waals surface area contributed by atoms with E-state index in [1.165, 1.54) is 12.1 Å². The van der Waals surface area contributed by atoms with E-state index in [4.69, 9.17) is 28.3 Å². The average molecular weight is 459 g/mol. The van der Waals surface area contributed by atoms with Gasteiger partial charge in [0.25, 0.3) is 0 Å². The van der Waals surface area contributed by atoms with E-state index in [1.54, 1.807) is 12.1 Å². The quantitative estimate of drug-likeness (QED) is 0.505. The molecule has 0 bridgehead atoms. The van der Waals surface area contributed by atoms with E-state index in [0.717, 1.165) is 16.8 Å². The van der Waals surface area contributed by atoms with Crippen LogP contribution in [0, 0.1) is 0 Å². The van der Waals surface area contributed by atoms with Crippen LogP contribution in [0.25, 0.3) is 0 Å². The molecule has 0 fully saturated rings. The minimum Gasteiger partial charge on any atom is -0.295 e. The lowest BCUT2D eigenvalue weighted by molar-refractivity contribution is 0.328. The first-order chi connectivity index (χ1) is 14.4. The second-order valence-corrected chi connectivity index (χ2v) is 10.1. The molecule has 3 aromatic rings. The van der Waals surface area contributed by atoms with Crippen molar-refractivity contribution in [2.24, 2.45) is 5.10 Å². The Morgan fingerprint density at radius 3 is 2.10 bits per heavy atom. The van der Waals surface area contributed by atoms with E-state index < -0.39 is 9.84 Å². The van der Waals surface area contributed by atoms with Crippen molar-refractivity contribution < 1.29 is 8.42 Å². The number of halogens is 2. The van der Waals surface area contributed by atoms with Gasteiger partial charge in [-0.15, -0.1) is 0 Å². The Hall–Kier alpha value is -2.34. The zero-order chi connectivity index (χ0) is 21.1. The van der Waals surface area contributed by atoms with E-state index >= 15 is 0 Å². The molecule has 0 N–H and O–H groups in total. The number of hydrazone groups is 1. The Bertz CT molecular complexity index is 1150. The normalized spacial score (nSPS) is 16.5. The molecule has 0 radical (unpaired) electrons. The summed E-state index contributed by atoms with van der Waals surface area (Å²) >= 11 is 11.9. The van der Waals surface area contributed by atoms with Crippen molar-refractivity contribution in [2.45, 2.75) is 10.8 Å². The van der Waals surface area contributed by atoms with E-state index in [1.807, 2.05) is 47.5 Å². The fraction of sp³-hybridized carbons (Fsp3) is 0.174. The Kier molecular flexibility index (Phi) is 6.14. The van der Waals surface area contributed by atoms with Crippen molar-refractivity contribution in [1.29, 1.82) is 0 Å². The lowest BCUT2D eigenvalue weighted by Crippen LogP contribution is -2.25. The molecule has 3 aromatic carbocycles. The molecule has 0 spiro atoms. The summed E-state index contributed by atoms with van der Waals surface area (Å²) in [6, 6.07) is 24.0. The summed E-state index contributed by atoms with van der Waals surface area (Å²) in [6.07, 6.45) is 0. The third kappa shape index (κ3) is 4.69. The van der Waals surface area contributed by atoms with Gasteiger partial charge in [-0.05, 0) is 47.5 Å². The molecular formula is C23H20Cl2N2O2S. The maximum atomic E-state index is 12.7. The van der Waals surface area contributed by atoms with Gasteiger partial charge in [0.1, 0.15) is 0 Å². The number of benzene rings is 3. The van der Waals surface area contributed by atoms with E-state index in [9.17, 15) is 8.42 Å². The predicted molar refractivity (Wildman–Crippen MR) is 122 cm³/mol. The molecule has 0 amide bonds. The van der Waals surface area contributed by atoms with E-state index in [0.29, 0.717) is 23.1 Å². The van der Waals surface area contributed by atoms with Gasteiger partial charge in [0, 0.05) is 22.5 Å². The van der Waals surface area contributed by atoms with Crippen molar-refractivity contribution in [1.82, 2.24) is 5.01 Å². The Labute approximate surface area is 186 Å². The van der Waals surface area contributed by atoms with Crippen LogP contribution in [-0.2, 0) is 9.84 Å². The minimum atomic E-state index is -3.42. The van der Waals surface area contributed by atoms with Crippen molar-refractivity contribution >= 4 is 38.8 Å². The van der Waals surface area contributed by atoms with E-state index in [-0.39, 0.29) is 16.6 Å². The van der Waals surface area contributed by atoms with Gasteiger partial charge in [-0.1, -0.05) is 65.7 Å². The summed E-state index contributed by atoms with van der Waals surface area (Å²) in [6.45, 7) is 0.934. The molecule has 0 saturated carbocycles. The highest BCUT2D eigenvalue weighted by molar-refractivity contribution is 7.91. The number of nitrogens with zero attached hydrogens (tertiary/aromatic N) is 2. The smallest absolute Gasteiger partial charge is 0.180 e. The first-order valence-electron chi connectivity index (χ1n) is 9.55. The third-order valence-corrected chi connectivity index (χ3v) is 7.32. The topological polar surface area (TPSA) is 49.7 Å². The first-order valence-corrected chi connectivity index (χ1v) is 12.0. The molecule has 0 aliphatic carbocycles. The summed E-state index contributed by atoms with van der Waals surface area (Å²) in [5, 5.41) is 7.80. The monoisotopic (exact) mass is 458 g/mol. The van der Waals surface area contributed by atoms with Crippen molar-refractivity contribution in [3.05, 3.63) is 100 Å². The van der Waals surface area contributed by atoms with Crippen LogP contribution in [-0.4, -0.2) is 38.0 Å². The predicted octanol–water partition coefficient (Wildman–Crippen LogP) is 5.27. The maximum Gasteiger partial charge on any atom is 0.180 e. The third-order valence-electron chi connectivity index (χ3n) is 5.11. The molecule has 1 aliphatic rings. The van der Waals surface area contributed by atoms with Gasteiger partial charge in [-0.2, -0.15) is 5.10 Å². The van der Waals surface area contributed by atoms with Crippen LogP contribution in [0.3, 0.4) is 0 Å². The average Bonchev–Trinajstić information content (AvgIpc) is 3.18. The van der Waals surface area contributed by atoms with Crippen LogP contribution in [0.5, 0.6) is 0 Å². The number of rotatable bonds is 6. The zero-order valence-electron chi connectivity index (χ0n) is 16.1. The van der Waals surface area contributed by atoms with Gasteiger partial charge in [0.2, 0.25) is 0 Å². The van der Waals surface area contributed by atoms with Gasteiger partial charge < -0.3 is 0 Å². The summed E-state index contributed by atoms with van der Waals surface area (Å²) in [4.78, 5) is 0.271. The standard InChI is InChI=1S/C23H20Cl2N2O2S/c24-19-8-6-18(7-9-19)23-22(17-4-2-1-3-5-17)16-27(26-23)14-15-30(28,29)21-12-10-20(25)11-13-21/h1-13,22H,14-16H2. The van der Waals surface area contributed by atoms with Crippen molar-refractivity contribution in [3.8, 4) is 0 Å². The highest BCUT2D eigenvalue weighted by atomic mass is 35.5. The molecule has 1 heterocycles. The molecule has 1 unspecified atom stereocenters. The molecule has 7 heteroatoms. The molecule has 30 heavy (non-hydrogen) atoms. The van der Waals surface area contributed by atoms with Crippen LogP contribution in [0.1, 0.15) is 17.0 Å². The fourth-order valence-electron chi connectivity index (χ4n) is 3.51. The molecule has 154 valence electrons. The Morgan fingerprint density at radius 1 is 0.867 bits per heavy atom. The molecule has 0 aromatic heterocycles. The van der Waals surface area contributed by atoms with Gasteiger partial charge in [0.15, 0.2) is 9.84 Å². The van der Waals surface area contributed by atoms with Crippen LogP contribution >= 0.6 is 23.2 Å². The fourth-order valence-corrected chi connectivity index (χ4v) is 5.00. The molecular weight excluding hydrogens is 439 g/mol. The van der Waals surface area contributed by atoms with Crippen LogP contribution in [0.15, 0.2) is 88.9 Å². The van der Waals surface area contributed by atoms with Crippen LogP contribution in [0.2, 0.25) is 10.0 Å². The summed E-state index contributed by atoms with van der Waals surface area (Å²) in [5.74, 6) is 0.0405. The van der Waals surface area contributed by atoms with E-state index in [2.05, 4.69) is 12.1 Å². The lowest BCUT2D eigenvalue weighted by Gasteiger charge is -2.16. The Morgan fingerprint density at radius 2 is 1.47 bits per heavy atom. The largest absolute Gasteiger partial charge is 0.295 e. The SMILES string of the molecule is O=S(=O)(CCN1CC(c2ccccc2)C(c2ccc(Cl)cc2)=N1)c1ccc(Cl)cc1. The summed E-state index contributed by atoms with van der Waals surface area (Å²) in [5.41, 5.74) is 3.05. The van der Waals surface area contributed by atoms with Crippen LogP contribution < -0.4 is 0 Å². The highest BCUT2D eigenvalue weighted by Gasteiger charge is 2.30. The summed E-state index contributed by atoms with van der Waals surface area (Å²) in [7, 11) is -3.42. The second kappa shape index (κ2) is 8.80.